The lowest BCUT2D eigenvalue weighted by molar-refractivity contribution is -0.122. The fourth-order valence-corrected chi connectivity index (χ4v) is 13.7. The molecule has 2 atom stereocenters. The van der Waals surface area contributed by atoms with E-state index >= 15 is 0 Å². The molecule has 110 heavy (non-hydrogen) atoms. The van der Waals surface area contributed by atoms with Gasteiger partial charge in [-0.05, 0) is 195 Å². The molecular formula is C66H52Br4F4N16O16S4. The molecule has 4 aromatic carbocycles. The molecule has 0 aliphatic carbocycles. The molecule has 4 fully saturated rings. The number of anilines is 4. The minimum absolute atomic E-state index is 0.00856. The highest BCUT2D eigenvalue weighted by Gasteiger charge is 2.37. The van der Waals surface area contributed by atoms with Crippen molar-refractivity contribution in [1.82, 2.24) is 59.5 Å². The van der Waals surface area contributed by atoms with Gasteiger partial charge in [-0.25, -0.2) is 57.4 Å². The quantitative estimate of drug-likeness (QED) is 0.0329. The lowest BCUT2D eigenvalue weighted by Gasteiger charge is -2.17. The molecule has 8 amide bonds. The Balaban J connectivity index is 0.000000170. The van der Waals surface area contributed by atoms with Gasteiger partial charge in [0.05, 0.1) is 38.9 Å². The summed E-state index contributed by atoms with van der Waals surface area (Å²) in [5.41, 5.74) is 24.6. The van der Waals surface area contributed by atoms with E-state index < -0.39 is 103 Å². The van der Waals surface area contributed by atoms with Crippen molar-refractivity contribution in [2.75, 3.05) is 51.1 Å². The van der Waals surface area contributed by atoms with E-state index in [2.05, 4.69) is 104 Å². The van der Waals surface area contributed by atoms with Gasteiger partial charge in [0, 0.05) is 93.8 Å². The van der Waals surface area contributed by atoms with Gasteiger partial charge in [0.25, 0.3) is 44.6 Å². The van der Waals surface area contributed by atoms with Gasteiger partial charge in [-0.1, -0.05) is 0 Å². The van der Waals surface area contributed by atoms with Crippen molar-refractivity contribution in [2.45, 2.75) is 39.2 Å². The van der Waals surface area contributed by atoms with Crippen LogP contribution in [0.3, 0.4) is 0 Å². The Labute approximate surface area is 670 Å². The molecular weight excluding hydrogens is 1800 g/mol. The molecule has 4 aliphatic heterocycles. The number of nitrogen functional groups attached to an aromatic ring is 4. The third-order valence-electron chi connectivity index (χ3n) is 14.9. The highest BCUT2D eigenvalue weighted by molar-refractivity contribution is 9.11. The largest absolute Gasteiger partial charge is 0.502 e. The van der Waals surface area contributed by atoms with Crippen molar-refractivity contribution in [3.05, 3.63) is 179 Å². The second-order valence-corrected chi connectivity index (χ2v) is 29.5. The van der Waals surface area contributed by atoms with Crippen molar-refractivity contribution in [2.24, 2.45) is 0 Å². The van der Waals surface area contributed by atoms with Gasteiger partial charge in [-0.2, -0.15) is 0 Å². The number of ether oxygens (including phenoxy) is 4. The van der Waals surface area contributed by atoms with Crippen LogP contribution >= 0.6 is 111 Å². The highest BCUT2D eigenvalue weighted by atomic mass is 79.9. The van der Waals surface area contributed by atoms with Gasteiger partial charge < -0.3 is 62.3 Å². The Morgan fingerprint density at radius 2 is 0.755 bits per heavy atom. The average Bonchev–Trinajstić information content (AvgIpc) is 1.46. The number of likely N-dealkylation sites (N-methyl/N-ethyl adjacent to an activating group) is 4. The molecule has 0 saturated carbocycles. The van der Waals surface area contributed by atoms with Crippen molar-refractivity contribution >= 4 is 203 Å². The molecule has 8 aromatic rings. The monoisotopic (exact) mass is 1840 g/mol. The van der Waals surface area contributed by atoms with Crippen molar-refractivity contribution in [3.8, 4) is 46.0 Å². The van der Waals surface area contributed by atoms with E-state index in [1.807, 2.05) is 0 Å². The van der Waals surface area contributed by atoms with Crippen LogP contribution in [0.5, 0.6) is 46.0 Å². The summed E-state index contributed by atoms with van der Waals surface area (Å²) >= 11 is 15.1. The summed E-state index contributed by atoms with van der Waals surface area (Å²) in [4.78, 5) is 129. The Hall–Kier alpha value is -10.6. The maximum absolute atomic E-state index is 14.5. The maximum Gasteiger partial charge on any atom is 0.293 e. The van der Waals surface area contributed by atoms with Gasteiger partial charge in [0.15, 0.2) is 69.3 Å². The molecule has 2 unspecified atom stereocenters. The zero-order valence-electron chi connectivity index (χ0n) is 57.7. The third-order valence-corrected chi connectivity index (χ3v) is 22.0. The number of aromatic nitrogens is 8. The first-order chi connectivity index (χ1) is 52.3. The summed E-state index contributed by atoms with van der Waals surface area (Å²) in [6.07, 6.45) is 14.0. The van der Waals surface area contributed by atoms with E-state index in [1.165, 1.54) is 133 Å². The number of benzene rings is 4. The SMILES string of the molecule is CC(Oc1cc(/C=C2\SC(=O)N(C)C2=O)c(Br)c(F)c1O)c1cnc(N)nc1.CN1C(=O)S/C(=C\c2cc(OCc3cnc(N)nc3)c(O)c(F)c2Br)C1=O.CN1C(=O)S/C(=C\c2cc(OCc3cncnc3N)c(O)c(F)c2Br)C1=O.[2H]C(C)(Oc1cc(/C=C2\SC(=O)N(C)C2=O)c(Br)c(F)c1O)c1cnc(N)nc1. The molecule has 0 bridgehead atoms. The lowest BCUT2D eigenvalue weighted by Crippen LogP contribution is -2.22. The van der Waals surface area contributed by atoms with E-state index in [1.54, 1.807) is 6.92 Å². The fourth-order valence-electron chi connectivity index (χ4n) is 8.80. The van der Waals surface area contributed by atoms with Crippen molar-refractivity contribution < 1.29 is 96.7 Å². The molecule has 32 nitrogen and oxygen atoms in total. The molecule has 4 aromatic heterocycles. The standard InChI is InChI=1S/2C17H14BrFN4O4S.2C16H12BrFN4O4S/c2*1-7(9-5-21-16(20)22-6-9)27-10-3-8(12(18)13(19)14(10)24)4-11-15(25)23(2)17(26)28-11;1-22-14(24)10(27-16(22)25)3-8-2-9(13(23)12(18)11(8)17)26-6-7-4-20-15(19)21-5-7;1-22-15(24)10(27-16(22)25)3-7-2-9(13(23)12(18)11(7)17)26-5-8-4-20-6-21-14(8)19/h2*3-7,24H,1-2H3,(H2,20,21,22);2-5,23H,6H2,1H3,(H2,19,20,21);2-4,6,23H,5H2,1H3,(H2,19,20,21)/b2*11-4-;2*10-3-/i7D;;;. The number of halogens is 8. The summed E-state index contributed by atoms with van der Waals surface area (Å²) in [6.45, 7) is 2.87. The number of hydrogen-bond acceptors (Lipinski definition) is 32. The third kappa shape index (κ3) is 19.3. The van der Waals surface area contributed by atoms with E-state index in [4.69, 9.17) is 43.3 Å². The number of amides is 8. The lowest BCUT2D eigenvalue weighted by atomic mass is 10.1. The Morgan fingerprint density at radius 3 is 1.08 bits per heavy atom. The number of carbonyl (C=O) groups is 8. The Bertz CT molecular complexity index is 5290. The zero-order valence-corrected chi connectivity index (χ0v) is 66.4. The number of carbonyl (C=O) groups excluding carboxylic acids is 8. The van der Waals surface area contributed by atoms with Crippen LogP contribution in [0.4, 0.5) is 60.4 Å². The van der Waals surface area contributed by atoms with Gasteiger partial charge in [-0.15, -0.1) is 0 Å². The van der Waals surface area contributed by atoms with E-state index in [9.17, 15) is 76.3 Å². The topological polar surface area (TPSA) is 475 Å². The smallest absolute Gasteiger partial charge is 0.293 e. The van der Waals surface area contributed by atoms with E-state index in [0.29, 0.717) is 28.5 Å². The van der Waals surface area contributed by atoms with Crippen LogP contribution in [0.15, 0.2) is 111 Å². The number of thioether (sulfide) groups is 4. The van der Waals surface area contributed by atoms with Gasteiger partial charge in [-0.3, -0.25) is 58.0 Å². The molecule has 0 spiro atoms. The molecule has 8 heterocycles. The van der Waals surface area contributed by atoms with Crippen LogP contribution in [-0.4, -0.2) is 153 Å². The van der Waals surface area contributed by atoms with Crippen LogP contribution in [0.2, 0.25) is 0 Å². The van der Waals surface area contributed by atoms with Crippen LogP contribution in [-0.2, 0) is 32.4 Å². The van der Waals surface area contributed by atoms with Crippen molar-refractivity contribution in [1.29, 1.82) is 0 Å². The number of nitrogens with two attached hydrogens (primary N) is 4. The first-order valence-corrected chi connectivity index (χ1v) is 36.8. The predicted molar refractivity (Wildman–Crippen MR) is 411 cm³/mol. The summed E-state index contributed by atoms with van der Waals surface area (Å²) in [7, 11) is 5.40. The van der Waals surface area contributed by atoms with Crippen LogP contribution in [0.1, 0.15) is 71.9 Å². The summed E-state index contributed by atoms with van der Waals surface area (Å²) in [5, 5.41) is 38.5. The summed E-state index contributed by atoms with van der Waals surface area (Å²) in [6, 6.07) is 5.30. The molecule has 12 rings (SSSR count). The minimum Gasteiger partial charge on any atom is -0.502 e. The summed E-state index contributed by atoms with van der Waals surface area (Å²) in [5.74, 6) is -9.28. The average molecular weight is 1850 g/mol. The van der Waals surface area contributed by atoms with Gasteiger partial charge in [0.1, 0.15) is 37.5 Å². The van der Waals surface area contributed by atoms with Crippen LogP contribution in [0.25, 0.3) is 24.3 Å². The second-order valence-electron chi connectivity index (χ2n) is 22.3. The van der Waals surface area contributed by atoms with Gasteiger partial charge >= 0.3 is 0 Å². The van der Waals surface area contributed by atoms with Gasteiger partial charge in [0.2, 0.25) is 17.8 Å². The molecule has 12 N–H and O–H groups in total. The number of imide groups is 4. The predicted octanol–water partition coefficient (Wildman–Crippen LogP) is 12.8. The molecule has 44 heteroatoms. The molecule has 0 radical (unpaired) electrons. The van der Waals surface area contributed by atoms with Crippen molar-refractivity contribution in [3.63, 3.8) is 0 Å². The molecule has 572 valence electrons. The van der Waals surface area contributed by atoms with Crippen LogP contribution in [0, 0.1) is 23.3 Å². The van der Waals surface area contributed by atoms with Crippen LogP contribution < -0.4 is 41.9 Å². The molecule has 4 saturated heterocycles. The summed E-state index contributed by atoms with van der Waals surface area (Å²) < 4.78 is 87.8. The number of phenols is 4. The second kappa shape index (κ2) is 35.8. The first kappa shape index (κ1) is 81.9. The first-order valence-electron chi connectivity index (χ1n) is 30.8. The van der Waals surface area contributed by atoms with E-state index in [-0.39, 0.29) is 125 Å². The normalized spacial score (nSPS) is 16.6. The fraction of sp³-hybridized carbons (Fsp3) is 0.152. The maximum atomic E-state index is 14.5. The number of hydrogen-bond donors (Lipinski definition) is 8. The number of rotatable bonds is 16. The number of aromatic hydroxyl groups is 4. The Morgan fingerprint density at radius 1 is 0.455 bits per heavy atom. The Kier molecular flexibility index (Phi) is 26.7. The van der Waals surface area contributed by atoms with E-state index in [0.717, 1.165) is 54.9 Å². The number of phenolic OH excluding ortho intramolecular Hbond substituents is 4. The zero-order chi connectivity index (χ0) is 81.5. The minimum atomic E-state index is -1.79. The number of nitrogens with zero attached hydrogens (tertiary/aromatic N) is 12. The highest BCUT2D eigenvalue weighted by Crippen LogP contribution is 2.46. The molecule has 4 aliphatic rings.